The number of methoxy groups -OCH3 is 1. The fourth-order valence-corrected chi connectivity index (χ4v) is 4.67. The molecule has 3 aromatic carbocycles. The van der Waals surface area contributed by atoms with Crippen molar-refractivity contribution in [1.29, 1.82) is 0 Å². The van der Waals surface area contributed by atoms with Gasteiger partial charge in [-0.1, -0.05) is 36.4 Å². The Bertz CT molecular complexity index is 1860. The van der Waals surface area contributed by atoms with E-state index in [1.807, 2.05) is 48.5 Å². The third-order valence-corrected chi connectivity index (χ3v) is 6.77. The molecule has 8 heteroatoms. The zero-order valence-corrected chi connectivity index (χ0v) is 22.9. The number of hydrogen-bond acceptors (Lipinski definition) is 5. The molecule has 204 valence electrons. The number of para-hydroxylation sites is 2. The van der Waals surface area contributed by atoms with Crippen LogP contribution < -0.4 is 30.9 Å². The van der Waals surface area contributed by atoms with Gasteiger partial charge in [0.05, 0.1) is 30.6 Å². The van der Waals surface area contributed by atoms with Crippen molar-refractivity contribution in [3.05, 3.63) is 135 Å². The number of carbonyl (C=O) groups is 2. The maximum Gasteiger partial charge on any atom is 0.282 e. The van der Waals surface area contributed by atoms with E-state index in [2.05, 4.69) is 10.8 Å². The van der Waals surface area contributed by atoms with Gasteiger partial charge in [0.2, 0.25) is 5.91 Å². The van der Waals surface area contributed by atoms with Crippen LogP contribution >= 0.6 is 0 Å². The van der Waals surface area contributed by atoms with Crippen molar-refractivity contribution in [3.63, 3.8) is 0 Å². The summed E-state index contributed by atoms with van der Waals surface area (Å²) < 4.78 is 6.72. The zero-order chi connectivity index (χ0) is 28.9. The molecule has 2 amide bonds. The molecular weight excluding hydrogens is 516 g/mol. The maximum atomic E-state index is 13.9. The van der Waals surface area contributed by atoms with E-state index in [-0.39, 0.29) is 22.9 Å². The predicted octanol–water partition coefficient (Wildman–Crippen LogP) is 3.89. The van der Waals surface area contributed by atoms with Gasteiger partial charge in [0.15, 0.2) is 5.49 Å². The van der Waals surface area contributed by atoms with Gasteiger partial charge in [0.1, 0.15) is 5.75 Å². The summed E-state index contributed by atoms with van der Waals surface area (Å²) in [5.74, 6) is 0.222. The first-order valence-corrected chi connectivity index (χ1v) is 13.0. The lowest BCUT2D eigenvalue weighted by Gasteiger charge is -2.18. The molecule has 4 aromatic rings. The Balaban J connectivity index is 1.61. The summed E-state index contributed by atoms with van der Waals surface area (Å²) in [5.41, 5.74) is 5.79. The molecule has 1 aromatic heterocycles. The second kappa shape index (κ2) is 11.7. The van der Waals surface area contributed by atoms with E-state index in [0.29, 0.717) is 40.0 Å². The highest BCUT2D eigenvalue weighted by Gasteiger charge is 2.30. The van der Waals surface area contributed by atoms with Crippen LogP contribution in [0.15, 0.2) is 113 Å². The van der Waals surface area contributed by atoms with Crippen LogP contribution in [-0.2, 0) is 4.79 Å². The number of aromatic nitrogens is 1. The molecule has 0 fully saturated rings. The van der Waals surface area contributed by atoms with Crippen LogP contribution in [0.4, 0.5) is 11.4 Å². The van der Waals surface area contributed by atoms with Gasteiger partial charge < -0.3 is 9.64 Å². The van der Waals surface area contributed by atoms with Crippen molar-refractivity contribution in [1.82, 2.24) is 4.57 Å². The van der Waals surface area contributed by atoms with Crippen LogP contribution in [0, 0.1) is 6.92 Å². The van der Waals surface area contributed by atoms with Crippen LogP contribution in [0.2, 0.25) is 0 Å². The molecule has 0 aliphatic carbocycles. The number of ether oxygens (including phenoxy) is 1. The van der Waals surface area contributed by atoms with Crippen molar-refractivity contribution >= 4 is 29.3 Å². The minimum atomic E-state index is -0.328. The molecule has 0 saturated carbocycles. The molecule has 0 spiro atoms. The summed E-state index contributed by atoms with van der Waals surface area (Å²) >= 11 is 0. The number of hydrogen-bond donors (Lipinski definition) is 0. The number of rotatable bonds is 7. The number of nitrogens with zero attached hydrogens (tertiary/aromatic N) is 4. The molecule has 0 radical (unpaired) electrons. The van der Waals surface area contributed by atoms with Crippen molar-refractivity contribution < 1.29 is 14.3 Å². The molecule has 0 unspecified atom stereocenters. The molecule has 0 bridgehead atoms. The zero-order valence-electron chi connectivity index (χ0n) is 22.9. The van der Waals surface area contributed by atoms with Crippen molar-refractivity contribution in [2.45, 2.75) is 13.8 Å². The molecule has 2 heterocycles. The third-order valence-electron chi connectivity index (χ3n) is 6.77. The molecule has 41 heavy (non-hydrogen) atoms. The highest BCUT2D eigenvalue weighted by atomic mass is 16.5. The topological polar surface area (TPSA) is 84.2 Å². The van der Waals surface area contributed by atoms with Crippen LogP contribution in [0.25, 0.3) is 11.8 Å². The lowest BCUT2D eigenvalue weighted by atomic mass is 10.1. The normalized spacial score (nSPS) is 12.3. The second-order valence-corrected chi connectivity index (χ2v) is 9.30. The number of anilines is 2. The van der Waals surface area contributed by atoms with Gasteiger partial charge in [0, 0.05) is 17.8 Å². The Morgan fingerprint density at radius 2 is 1.61 bits per heavy atom. The summed E-state index contributed by atoms with van der Waals surface area (Å²) in [5, 5.41) is 6.25. The average molecular weight is 545 g/mol. The number of pyridine rings is 1. The number of carbonyl (C=O) groups excluding carboxylic acids is 2. The minimum Gasteiger partial charge on any atom is -0.497 e. The number of benzene rings is 3. The SMILES string of the molecule is COc1ccc(-n2c3c(c(C)/c(=C\C=C=CCN(C(C)=O)c4ccccc4)c2=O)C(=O)N(c2ccccc2)N=3)cc1. The summed E-state index contributed by atoms with van der Waals surface area (Å²) in [4.78, 5) is 41.3. The summed E-state index contributed by atoms with van der Waals surface area (Å²) in [6.45, 7) is 3.57. The molecule has 0 atom stereocenters. The van der Waals surface area contributed by atoms with Gasteiger partial charge >= 0.3 is 0 Å². The van der Waals surface area contributed by atoms with Crippen molar-refractivity contribution in [2.24, 2.45) is 5.10 Å². The first kappa shape index (κ1) is 27.1. The second-order valence-electron chi connectivity index (χ2n) is 9.30. The Hall–Kier alpha value is -5.46. The summed E-state index contributed by atoms with van der Waals surface area (Å²) in [6, 6.07) is 25.4. The molecule has 1 aliphatic rings. The van der Waals surface area contributed by atoms with Crippen LogP contribution in [0.5, 0.6) is 5.75 Å². The Morgan fingerprint density at radius 3 is 2.24 bits per heavy atom. The first-order valence-electron chi connectivity index (χ1n) is 13.0. The fraction of sp³-hybridized carbons (Fsp3) is 0.121. The highest BCUT2D eigenvalue weighted by Crippen LogP contribution is 2.21. The predicted molar refractivity (Wildman–Crippen MR) is 159 cm³/mol. The van der Waals surface area contributed by atoms with Gasteiger partial charge in [-0.05, 0) is 79.2 Å². The lowest BCUT2D eigenvalue weighted by molar-refractivity contribution is -0.116. The van der Waals surface area contributed by atoms with E-state index in [1.54, 1.807) is 73.6 Å². The summed E-state index contributed by atoms with van der Waals surface area (Å²) in [7, 11) is 1.57. The molecular formula is C33H28N4O4. The Morgan fingerprint density at radius 1 is 0.951 bits per heavy atom. The van der Waals surface area contributed by atoms with E-state index in [0.717, 1.165) is 5.69 Å². The number of amides is 2. The van der Waals surface area contributed by atoms with Gasteiger partial charge in [-0.2, -0.15) is 5.01 Å². The van der Waals surface area contributed by atoms with Crippen molar-refractivity contribution in [3.8, 4) is 11.4 Å². The van der Waals surface area contributed by atoms with Crippen LogP contribution in [0.3, 0.4) is 0 Å². The fourth-order valence-electron chi connectivity index (χ4n) is 4.67. The molecule has 5 rings (SSSR count). The van der Waals surface area contributed by atoms with Gasteiger partial charge in [-0.3, -0.25) is 19.0 Å². The first-order chi connectivity index (χ1) is 19.9. The molecule has 0 saturated heterocycles. The van der Waals surface area contributed by atoms with Crippen LogP contribution in [-0.4, -0.2) is 30.0 Å². The van der Waals surface area contributed by atoms with Gasteiger partial charge in [0.25, 0.3) is 11.5 Å². The quantitative estimate of drug-likeness (QED) is 0.331. The molecule has 1 aliphatic heterocycles. The lowest BCUT2D eigenvalue weighted by Crippen LogP contribution is -2.45. The smallest absolute Gasteiger partial charge is 0.282 e. The Kier molecular flexibility index (Phi) is 7.76. The van der Waals surface area contributed by atoms with E-state index in [4.69, 9.17) is 4.74 Å². The van der Waals surface area contributed by atoms with E-state index >= 15 is 0 Å². The molecule has 8 nitrogen and oxygen atoms in total. The summed E-state index contributed by atoms with van der Waals surface area (Å²) in [6.07, 6.45) is 4.96. The highest BCUT2D eigenvalue weighted by molar-refractivity contribution is 6.08. The largest absolute Gasteiger partial charge is 0.497 e. The maximum absolute atomic E-state index is 13.9. The third kappa shape index (κ3) is 5.37. The van der Waals surface area contributed by atoms with Crippen LogP contribution in [0.1, 0.15) is 22.8 Å². The standard InChI is InChI=1S/C33H28N4O4/c1-23-29(17-11-6-12-22-35(24(2)38)25-13-7-4-8-14-25)32(39)36(26-18-20-28(41-3)21-19-26)31-30(23)33(40)37(34-31)27-15-9-5-10-16-27/h4-5,7-21H,22H2,1-3H3/b29-17+. The average Bonchev–Trinajstić information content (AvgIpc) is 3.34. The van der Waals surface area contributed by atoms with Gasteiger partial charge in [-0.25, -0.2) is 0 Å². The number of fused-ring (bicyclic) bond motifs is 1. The Labute approximate surface area is 237 Å². The van der Waals surface area contributed by atoms with Gasteiger partial charge in [-0.15, -0.1) is 10.8 Å². The van der Waals surface area contributed by atoms with E-state index in [9.17, 15) is 14.4 Å². The molecule has 0 N–H and O–H groups in total. The monoisotopic (exact) mass is 544 g/mol. The van der Waals surface area contributed by atoms with E-state index in [1.165, 1.54) is 16.5 Å². The van der Waals surface area contributed by atoms with E-state index < -0.39 is 0 Å². The van der Waals surface area contributed by atoms with Crippen molar-refractivity contribution in [2.75, 3.05) is 23.6 Å². The minimum absolute atomic E-state index is 0.0969.